The van der Waals surface area contributed by atoms with Crippen LogP contribution in [0.25, 0.3) is 0 Å². The van der Waals surface area contributed by atoms with E-state index in [9.17, 15) is 5.11 Å². The first-order valence-corrected chi connectivity index (χ1v) is 7.19. The molecule has 1 unspecified atom stereocenters. The van der Waals surface area contributed by atoms with Crippen LogP contribution in [0.15, 0.2) is 40.4 Å². The van der Waals surface area contributed by atoms with E-state index in [2.05, 4.69) is 22.0 Å². The van der Waals surface area contributed by atoms with Crippen LogP contribution >= 0.6 is 15.9 Å². The molecular formula is C15H19BrO. The lowest BCUT2D eigenvalue weighted by atomic mass is 9.93. The maximum Gasteiger partial charge on any atom is 0.100 e. The summed E-state index contributed by atoms with van der Waals surface area (Å²) in [6.07, 6.45) is 9.05. The highest BCUT2D eigenvalue weighted by atomic mass is 79.9. The second-order valence-corrected chi connectivity index (χ2v) is 5.61. The normalized spacial score (nSPS) is 22.1. The Morgan fingerprint density at radius 2 is 1.94 bits per heavy atom. The summed E-state index contributed by atoms with van der Waals surface area (Å²) in [5.41, 5.74) is 2.19. The van der Waals surface area contributed by atoms with Gasteiger partial charge in [0.1, 0.15) is 6.10 Å². The summed E-state index contributed by atoms with van der Waals surface area (Å²) in [5, 5.41) is 10.4. The van der Waals surface area contributed by atoms with Gasteiger partial charge in [0.25, 0.3) is 0 Å². The Hall–Kier alpha value is -0.600. The van der Waals surface area contributed by atoms with Crippen LogP contribution in [0.5, 0.6) is 0 Å². The number of halogens is 1. The number of benzene rings is 1. The summed E-state index contributed by atoms with van der Waals surface area (Å²) in [6.45, 7) is 0. The minimum absolute atomic E-state index is 0.425. The van der Waals surface area contributed by atoms with Crippen LogP contribution in [-0.2, 0) is 0 Å². The standard InChI is InChI=1S/C15H19BrO/c16-14-10-6-9-13(11-14)15(17)12-7-4-2-1-3-5-8-12/h6-7,9-11,15,17H,1-5,8H2/b12-7+. The molecule has 1 aromatic carbocycles. The number of rotatable bonds is 2. The van der Waals surface area contributed by atoms with Crippen LogP contribution in [0, 0.1) is 0 Å². The van der Waals surface area contributed by atoms with Crippen LogP contribution in [0.3, 0.4) is 0 Å². The van der Waals surface area contributed by atoms with Gasteiger partial charge in [-0.3, -0.25) is 0 Å². The smallest absolute Gasteiger partial charge is 0.100 e. The fourth-order valence-electron chi connectivity index (χ4n) is 2.36. The molecule has 0 aliphatic heterocycles. The Labute approximate surface area is 112 Å². The van der Waals surface area contributed by atoms with Crippen LogP contribution in [0.4, 0.5) is 0 Å². The first-order chi connectivity index (χ1) is 8.27. The van der Waals surface area contributed by atoms with Crippen molar-refractivity contribution in [1.82, 2.24) is 0 Å². The van der Waals surface area contributed by atoms with Crippen molar-refractivity contribution >= 4 is 15.9 Å². The molecule has 1 nitrogen and oxygen atoms in total. The van der Waals surface area contributed by atoms with Crippen LogP contribution in [0.2, 0.25) is 0 Å². The van der Waals surface area contributed by atoms with Crippen molar-refractivity contribution in [2.24, 2.45) is 0 Å². The molecule has 0 amide bonds. The second-order valence-electron chi connectivity index (χ2n) is 4.69. The Bertz CT molecular complexity index is 398. The first-order valence-electron chi connectivity index (χ1n) is 6.40. The molecule has 0 heterocycles. The topological polar surface area (TPSA) is 20.2 Å². The third-order valence-electron chi connectivity index (χ3n) is 3.34. The predicted octanol–water partition coefficient (Wildman–Crippen LogP) is 4.76. The highest BCUT2D eigenvalue weighted by molar-refractivity contribution is 9.10. The molecule has 92 valence electrons. The van der Waals surface area contributed by atoms with Gasteiger partial charge in [0.2, 0.25) is 0 Å². The van der Waals surface area contributed by atoms with E-state index in [0.717, 1.165) is 22.9 Å². The van der Waals surface area contributed by atoms with Gasteiger partial charge in [-0.25, -0.2) is 0 Å². The zero-order valence-electron chi connectivity index (χ0n) is 10.0. The maximum atomic E-state index is 10.4. The van der Waals surface area contributed by atoms with E-state index in [1.807, 2.05) is 24.3 Å². The van der Waals surface area contributed by atoms with E-state index in [4.69, 9.17) is 0 Å². The minimum atomic E-state index is -0.425. The zero-order valence-corrected chi connectivity index (χ0v) is 11.6. The molecular weight excluding hydrogens is 276 g/mol. The van der Waals surface area contributed by atoms with Gasteiger partial charge in [-0.1, -0.05) is 47.0 Å². The van der Waals surface area contributed by atoms with Crippen molar-refractivity contribution in [3.05, 3.63) is 46.0 Å². The molecule has 0 aromatic heterocycles. The monoisotopic (exact) mass is 294 g/mol. The molecule has 1 aromatic rings. The third kappa shape index (κ3) is 3.68. The van der Waals surface area contributed by atoms with E-state index >= 15 is 0 Å². The quantitative estimate of drug-likeness (QED) is 0.780. The lowest BCUT2D eigenvalue weighted by Gasteiger charge is -2.18. The maximum absolute atomic E-state index is 10.4. The van der Waals surface area contributed by atoms with Gasteiger partial charge < -0.3 is 5.11 Å². The number of hydrogen-bond acceptors (Lipinski definition) is 1. The Kier molecular flexibility index (Phi) is 4.81. The van der Waals surface area contributed by atoms with Crippen molar-refractivity contribution in [3.63, 3.8) is 0 Å². The van der Waals surface area contributed by atoms with E-state index in [-0.39, 0.29) is 0 Å². The second kappa shape index (κ2) is 6.36. The molecule has 0 radical (unpaired) electrons. The van der Waals surface area contributed by atoms with E-state index in [1.165, 1.54) is 31.3 Å². The van der Waals surface area contributed by atoms with Crippen LogP contribution in [-0.4, -0.2) is 5.11 Å². The highest BCUT2D eigenvalue weighted by Crippen LogP contribution is 2.29. The Morgan fingerprint density at radius 3 is 2.76 bits per heavy atom. The zero-order chi connectivity index (χ0) is 12.1. The van der Waals surface area contributed by atoms with Crippen molar-refractivity contribution in [3.8, 4) is 0 Å². The molecule has 0 fully saturated rings. The van der Waals surface area contributed by atoms with Gasteiger partial charge >= 0.3 is 0 Å². The van der Waals surface area contributed by atoms with E-state index in [1.54, 1.807) is 0 Å². The fourth-order valence-corrected chi connectivity index (χ4v) is 2.77. The summed E-state index contributed by atoms with van der Waals surface area (Å²) < 4.78 is 1.03. The number of aliphatic hydroxyl groups is 1. The number of hydrogen-bond donors (Lipinski definition) is 1. The van der Waals surface area contributed by atoms with E-state index in [0.29, 0.717) is 0 Å². The van der Waals surface area contributed by atoms with Gasteiger partial charge in [-0.05, 0) is 49.0 Å². The van der Waals surface area contributed by atoms with Gasteiger partial charge in [0.15, 0.2) is 0 Å². The Balaban J connectivity index is 2.14. The average molecular weight is 295 g/mol. The molecule has 1 N–H and O–H groups in total. The van der Waals surface area contributed by atoms with Crippen molar-refractivity contribution in [1.29, 1.82) is 0 Å². The van der Waals surface area contributed by atoms with Crippen molar-refractivity contribution in [2.45, 2.75) is 44.6 Å². The van der Waals surface area contributed by atoms with Gasteiger partial charge in [0.05, 0.1) is 0 Å². The summed E-state index contributed by atoms with van der Waals surface area (Å²) in [4.78, 5) is 0. The predicted molar refractivity (Wildman–Crippen MR) is 74.9 cm³/mol. The van der Waals surface area contributed by atoms with Gasteiger partial charge in [-0.2, -0.15) is 0 Å². The number of aliphatic hydroxyl groups excluding tert-OH is 1. The van der Waals surface area contributed by atoms with Crippen LogP contribution < -0.4 is 0 Å². The highest BCUT2D eigenvalue weighted by Gasteiger charge is 2.14. The first kappa shape index (κ1) is 12.8. The molecule has 0 saturated carbocycles. The SMILES string of the molecule is OC(/C1=C/CCCCCC1)c1cccc(Br)c1. The lowest BCUT2D eigenvalue weighted by Crippen LogP contribution is -2.03. The summed E-state index contributed by atoms with van der Waals surface area (Å²) in [6, 6.07) is 7.97. The molecule has 1 atom stereocenters. The lowest BCUT2D eigenvalue weighted by molar-refractivity contribution is 0.209. The number of allylic oxidation sites excluding steroid dienone is 1. The minimum Gasteiger partial charge on any atom is -0.384 e. The molecule has 2 heteroatoms. The molecule has 17 heavy (non-hydrogen) atoms. The summed E-state index contributed by atoms with van der Waals surface area (Å²) >= 11 is 3.45. The molecule has 1 aliphatic rings. The summed E-state index contributed by atoms with van der Waals surface area (Å²) in [5.74, 6) is 0. The Morgan fingerprint density at radius 1 is 1.12 bits per heavy atom. The van der Waals surface area contributed by atoms with Gasteiger partial charge in [0, 0.05) is 4.47 Å². The molecule has 0 saturated heterocycles. The molecule has 0 bridgehead atoms. The van der Waals surface area contributed by atoms with Crippen molar-refractivity contribution < 1.29 is 5.11 Å². The largest absolute Gasteiger partial charge is 0.384 e. The van der Waals surface area contributed by atoms with E-state index < -0.39 is 6.10 Å². The molecule has 1 aliphatic carbocycles. The third-order valence-corrected chi connectivity index (χ3v) is 3.83. The van der Waals surface area contributed by atoms with Gasteiger partial charge in [-0.15, -0.1) is 0 Å². The summed E-state index contributed by atoms with van der Waals surface area (Å²) in [7, 11) is 0. The molecule has 0 spiro atoms. The van der Waals surface area contributed by atoms with Crippen molar-refractivity contribution in [2.75, 3.05) is 0 Å². The molecule has 2 rings (SSSR count). The average Bonchev–Trinajstić information content (AvgIpc) is 2.28. The van der Waals surface area contributed by atoms with Crippen LogP contribution in [0.1, 0.15) is 50.2 Å². The fraction of sp³-hybridized carbons (Fsp3) is 0.467.